The fourth-order valence-corrected chi connectivity index (χ4v) is 5.66. The Morgan fingerprint density at radius 3 is 2.34 bits per heavy atom. The van der Waals surface area contributed by atoms with Crippen LogP contribution in [0.3, 0.4) is 0 Å². The van der Waals surface area contributed by atoms with Gasteiger partial charge in [-0.25, -0.2) is 8.42 Å². The van der Waals surface area contributed by atoms with E-state index in [1.54, 1.807) is 16.4 Å². The molecule has 0 bridgehead atoms. The lowest BCUT2D eigenvalue weighted by Gasteiger charge is -2.29. The molecule has 1 aliphatic rings. The SMILES string of the molecule is CC1CCN(S(=O)(=O)c2ccc(C(=O)CNCC(c3ccccc3Cl)N(C)C)cc2)CC1. The van der Waals surface area contributed by atoms with E-state index in [2.05, 4.69) is 17.1 Å². The maximum absolute atomic E-state index is 12.9. The third-order valence-electron chi connectivity index (χ3n) is 6.07. The number of likely N-dealkylation sites (N-methyl/N-ethyl adjacent to an activating group) is 1. The summed E-state index contributed by atoms with van der Waals surface area (Å²) in [6.45, 7) is 3.96. The summed E-state index contributed by atoms with van der Waals surface area (Å²) >= 11 is 6.34. The Balaban J connectivity index is 1.59. The van der Waals surface area contributed by atoms with Crippen LogP contribution in [0, 0.1) is 5.92 Å². The third kappa shape index (κ3) is 5.97. The molecular weight excluding hydrogens is 446 g/mol. The van der Waals surface area contributed by atoms with E-state index in [0.717, 1.165) is 18.4 Å². The van der Waals surface area contributed by atoms with Crippen LogP contribution in [0.5, 0.6) is 0 Å². The van der Waals surface area contributed by atoms with Gasteiger partial charge in [0.25, 0.3) is 0 Å². The minimum Gasteiger partial charge on any atom is -0.308 e. The van der Waals surface area contributed by atoms with Crippen LogP contribution in [-0.4, -0.2) is 63.7 Å². The number of nitrogens with one attached hydrogen (secondary N) is 1. The smallest absolute Gasteiger partial charge is 0.243 e. The number of carbonyl (C=O) groups excluding carboxylic acids is 1. The normalized spacial score (nSPS) is 16.9. The van der Waals surface area contributed by atoms with Crippen molar-refractivity contribution in [1.29, 1.82) is 0 Å². The molecule has 1 saturated heterocycles. The minimum atomic E-state index is -3.51. The Labute approximate surface area is 196 Å². The van der Waals surface area contributed by atoms with E-state index in [4.69, 9.17) is 11.6 Å². The standard InChI is InChI=1S/C24H32ClN3O3S/c1-18-12-14-28(15-13-18)32(30,31)20-10-8-19(9-11-20)24(29)17-26-16-23(27(2)3)21-6-4-5-7-22(21)25/h4-11,18,23,26H,12-17H2,1-3H3. The van der Waals surface area contributed by atoms with Gasteiger partial charge in [0.2, 0.25) is 10.0 Å². The summed E-state index contributed by atoms with van der Waals surface area (Å²) in [7, 11) is 0.432. The van der Waals surface area contributed by atoms with Gasteiger partial charge in [-0.1, -0.05) is 48.9 Å². The Morgan fingerprint density at radius 1 is 1.12 bits per heavy atom. The summed E-state index contributed by atoms with van der Waals surface area (Å²) in [6.07, 6.45) is 1.76. The van der Waals surface area contributed by atoms with Crippen LogP contribution in [-0.2, 0) is 10.0 Å². The van der Waals surface area contributed by atoms with Crippen molar-refractivity contribution < 1.29 is 13.2 Å². The topological polar surface area (TPSA) is 69.7 Å². The highest BCUT2D eigenvalue weighted by molar-refractivity contribution is 7.89. The van der Waals surface area contributed by atoms with E-state index >= 15 is 0 Å². The Hall–Kier alpha value is -1.77. The zero-order chi connectivity index (χ0) is 23.3. The average Bonchev–Trinajstić information content (AvgIpc) is 2.77. The quantitative estimate of drug-likeness (QED) is 0.556. The Kier molecular flexibility index (Phi) is 8.47. The molecule has 1 N–H and O–H groups in total. The van der Waals surface area contributed by atoms with Crippen molar-refractivity contribution in [2.45, 2.75) is 30.7 Å². The largest absolute Gasteiger partial charge is 0.308 e. The molecule has 8 heteroatoms. The molecule has 0 aliphatic carbocycles. The minimum absolute atomic E-state index is 0.0243. The monoisotopic (exact) mass is 477 g/mol. The van der Waals surface area contributed by atoms with Crippen LogP contribution in [0.2, 0.25) is 5.02 Å². The number of sulfonamides is 1. The van der Waals surface area contributed by atoms with Crippen LogP contribution >= 0.6 is 11.6 Å². The highest BCUT2D eigenvalue weighted by Crippen LogP contribution is 2.26. The molecule has 1 unspecified atom stereocenters. The number of benzene rings is 2. The molecule has 1 fully saturated rings. The van der Waals surface area contributed by atoms with Crippen molar-refractivity contribution >= 4 is 27.4 Å². The number of halogens is 1. The zero-order valence-electron chi connectivity index (χ0n) is 18.9. The molecule has 174 valence electrons. The molecule has 0 aromatic heterocycles. The van der Waals surface area contributed by atoms with Crippen molar-refractivity contribution in [3.63, 3.8) is 0 Å². The van der Waals surface area contributed by atoms with Gasteiger partial charge < -0.3 is 10.2 Å². The summed E-state index contributed by atoms with van der Waals surface area (Å²) in [5, 5.41) is 3.91. The van der Waals surface area contributed by atoms with Gasteiger partial charge in [-0.05, 0) is 56.6 Å². The fraction of sp³-hybridized carbons (Fsp3) is 0.458. The molecule has 1 heterocycles. The van der Waals surface area contributed by atoms with Crippen LogP contribution in [0.4, 0.5) is 0 Å². The van der Waals surface area contributed by atoms with E-state index < -0.39 is 10.0 Å². The first kappa shape index (κ1) is 24.9. The summed E-state index contributed by atoms with van der Waals surface area (Å²) in [6, 6.07) is 14.0. The van der Waals surface area contributed by atoms with Gasteiger partial charge in [-0.3, -0.25) is 4.79 Å². The lowest BCUT2D eigenvalue weighted by Crippen LogP contribution is -2.37. The van der Waals surface area contributed by atoms with Gasteiger partial charge in [-0.2, -0.15) is 4.31 Å². The molecule has 3 rings (SSSR count). The van der Waals surface area contributed by atoms with Crippen LogP contribution in [0.1, 0.15) is 41.7 Å². The first-order valence-electron chi connectivity index (χ1n) is 10.9. The number of nitrogens with zero attached hydrogens (tertiary/aromatic N) is 2. The van der Waals surface area contributed by atoms with Crippen LogP contribution < -0.4 is 5.32 Å². The first-order chi connectivity index (χ1) is 15.2. The molecular formula is C24H32ClN3O3S. The number of hydrogen-bond acceptors (Lipinski definition) is 5. The van der Waals surface area contributed by atoms with Gasteiger partial charge in [0.05, 0.1) is 11.4 Å². The maximum Gasteiger partial charge on any atom is 0.243 e. The highest BCUT2D eigenvalue weighted by atomic mass is 35.5. The second-order valence-electron chi connectivity index (χ2n) is 8.67. The zero-order valence-corrected chi connectivity index (χ0v) is 20.5. The van der Waals surface area contributed by atoms with E-state index in [0.29, 0.717) is 36.1 Å². The Bertz CT molecular complexity index is 1020. The van der Waals surface area contributed by atoms with Crippen molar-refractivity contribution in [3.05, 3.63) is 64.7 Å². The predicted molar refractivity (Wildman–Crippen MR) is 129 cm³/mol. The fourth-order valence-electron chi connectivity index (χ4n) is 3.93. The second kappa shape index (κ2) is 10.9. The molecule has 0 radical (unpaired) electrons. The number of carbonyl (C=O) groups is 1. The van der Waals surface area contributed by atoms with E-state index in [1.165, 1.54) is 12.1 Å². The van der Waals surface area contributed by atoms with Crippen molar-refractivity contribution in [3.8, 4) is 0 Å². The number of piperidine rings is 1. The van der Waals surface area contributed by atoms with Gasteiger partial charge in [0, 0.05) is 36.3 Å². The Morgan fingerprint density at radius 2 is 1.75 bits per heavy atom. The number of hydrogen-bond donors (Lipinski definition) is 1. The lowest BCUT2D eigenvalue weighted by atomic mass is 10.0. The molecule has 1 aliphatic heterocycles. The van der Waals surface area contributed by atoms with E-state index in [-0.39, 0.29) is 23.3 Å². The lowest BCUT2D eigenvalue weighted by molar-refractivity contribution is 0.0988. The molecule has 0 saturated carbocycles. The summed E-state index contributed by atoms with van der Waals surface area (Å²) in [5.74, 6) is 0.469. The molecule has 0 spiro atoms. The van der Waals surface area contributed by atoms with Gasteiger partial charge in [0.15, 0.2) is 5.78 Å². The molecule has 6 nitrogen and oxygen atoms in total. The van der Waals surface area contributed by atoms with Gasteiger partial charge in [0.1, 0.15) is 0 Å². The van der Waals surface area contributed by atoms with Crippen molar-refractivity contribution in [2.75, 3.05) is 40.3 Å². The molecule has 2 aromatic carbocycles. The number of Topliss-reactive ketones (excluding diaryl/α,β-unsaturated/α-hetero) is 1. The predicted octanol–water partition coefficient (Wildman–Crippen LogP) is 3.84. The molecule has 0 amide bonds. The molecule has 32 heavy (non-hydrogen) atoms. The maximum atomic E-state index is 12.9. The first-order valence-corrected chi connectivity index (χ1v) is 12.8. The van der Waals surface area contributed by atoms with E-state index in [9.17, 15) is 13.2 Å². The van der Waals surface area contributed by atoms with Gasteiger partial charge in [-0.15, -0.1) is 0 Å². The number of rotatable bonds is 9. The summed E-state index contributed by atoms with van der Waals surface area (Å²) in [5.41, 5.74) is 1.49. The highest BCUT2D eigenvalue weighted by Gasteiger charge is 2.28. The van der Waals surface area contributed by atoms with Crippen molar-refractivity contribution in [2.24, 2.45) is 5.92 Å². The van der Waals surface area contributed by atoms with E-state index in [1.807, 2.05) is 38.4 Å². The number of ketones is 1. The average molecular weight is 478 g/mol. The molecule has 2 aromatic rings. The molecule has 1 atom stereocenters. The third-order valence-corrected chi connectivity index (χ3v) is 8.32. The summed E-state index contributed by atoms with van der Waals surface area (Å²) in [4.78, 5) is 14.9. The second-order valence-corrected chi connectivity index (χ2v) is 11.0. The van der Waals surface area contributed by atoms with Gasteiger partial charge >= 0.3 is 0 Å². The van der Waals surface area contributed by atoms with Crippen LogP contribution in [0.25, 0.3) is 0 Å². The van der Waals surface area contributed by atoms with Crippen LogP contribution in [0.15, 0.2) is 53.4 Å². The van der Waals surface area contributed by atoms with Crippen molar-refractivity contribution in [1.82, 2.24) is 14.5 Å². The summed E-state index contributed by atoms with van der Waals surface area (Å²) < 4.78 is 27.3.